The maximum atomic E-state index is 13.3. The molecule has 1 saturated heterocycles. The third kappa shape index (κ3) is 4.34. The van der Waals surface area contributed by atoms with E-state index >= 15 is 0 Å². The number of nitrogens with zero attached hydrogens (tertiary/aromatic N) is 3. The highest BCUT2D eigenvalue weighted by Gasteiger charge is 2.38. The van der Waals surface area contributed by atoms with Crippen LogP contribution < -0.4 is 4.74 Å². The number of rotatable bonds is 3. The zero-order valence-electron chi connectivity index (χ0n) is 16.0. The summed E-state index contributed by atoms with van der Waals surface area (Å²) in [5, 5.41) is 9.14. The average molecular weight is 403 g/mol. The lowest BCUT2D eigenvalue weighted by molar-refractivity contribution is -0.138. The number of piperidine rings is 1. The molecule has 0 saturated carbocycles. The molecule has 0 unspecified atom stereocenters. The SMILES string of the molecule is Cc1c(C#N)ccnc1O[C@@H]1CC[C@@H](C)N(C(=O)c2ccccc2C(F)(F)F)C1. The predicted molar refractivity (Wildman–Crippen MR) is 99.3 cm³/mol. The van der Waals surface area contributed by atoms with Gasteiger partial charge in [-0.25, -0.2) is 4.98 Å². The number of likely N-dealkylation sites (tertiary alicyclic amines) is 1. The number of hydrogen-bond acceptors (Lipinski definition) is 4. The van der Waals surface area contributed by atoms with Gasteiger partial charge in [-0.15, -0.1) is 0 Å². The topological polar surface area (TPSA) is 66.2 Å². The highest BCUT2D eigenvalue weighted by molar-refractivity contribution is 5.96. The van der Waals surface area contributed by atoms with Crippen LogP contribution in [0.2, 0.25) is 0 Å². The zero-order valence-corrected chi connectivity index (χ0v) is 16.0. The molecule has 1 aliphatic heterocycles. The summed E-state index contributed by atoms with van der Waals surface area (Å²) < 4.78 is 45.9. The minimum Gasteiger partial charge on any atom is -0.472 e. The first-order chi connectivity index (χ1) is 13.7. The van der Waals surface area contributed by atoms with Crippen molar-refractivity contribution in [3.63, 3.8) is 0 Å². The summed E-state index contributed by atoms with van der Waals surface area (Å²) in [5.41, 5.74) is -0.284. The van der Waals surface area contributed by atoms with Gasteiger partial charge in [0, 0.05) is 17.8 Å². The van der Waals surface area contributed by atoms with Gasteiger partial charge in [-0.05, 0) is 44.9 Å². The fourth-order valence-electron chi connectivity index (χ4n) is 3.44. The van der Waals surface area contributed by atoms with Crippen LogP contribution in [0.3, 0.4) is 0 Å². The lowest BCUT2D eigenvalue weighted by Gasteiger charge is -2.38. The Morgan fingerprint density at radius 2 is 2.00 bits per heavy atom. The number of amides is 1. The molecule has 0 bridgehead atoms. The third-order valence-corrected chi connectivity index (χ3v) is 5.12. The maximum absolute atomic E-state index is 13.3. The Morgan fingerprint density at radius 3 is 2.69 bits per heavy atom. The number of halogens is 3. The second kappa shape index (κ2) is 8.11. The van der Waals surface area contributed by atoms with Crippen molar-refractivity contribution in [2.24, 2.45) is 0 Å². The molecule has 29 heavy (non-hydrogen) atoms. The minimum absolute atomic E-state index is 0.143. The third-order valence-electron chi connectivity index (χ3n) is 5.12. The molecule has 5 nitrogen and oxygen atoms in total. The monoisotopic (exact) mass is 403 g/mol. The van der Waals surface area contributed by atoms with Crippen molar-refractivity contribution in [1.29, 1.82) is 5.26 Å². The molecule has 2 aromatic rings. The van der Waals surface area contributed by atoms with Crippen molar-refractivity contribution in [1.82, 2.24) is 9.88 Å². The van der Waals surface area contributed by atoms with Gasteiger partial charge in [0.2, 0.25) is 5.88 Å². The molecule has 1 fully saturated rings. The van der Waals surface area contributed by atoms with Crippen LogP contribution in [0.1, 0.15) is 46.8 Å². The minimum atomic E-state index is -4.61. The molecular weight excluding hydrogens is 383 g/mol. The Kier molecular flexibility index (Phi) is 5.78. The molecular formula is C21H20F3N3O2. The van der Waals surface area contributed by atoms with E-state index in [4.69, 9.17) is 10.00 Å². The van der Waals surface area contributed by atoms with Crippen LogP contribution in [0.4, 0.5) is 13.2 Å². The van der Waals surface area contributed by atoms with Crippen molar-refractivity contribution in [2.75, 3.05) is 6.54 Å². The van der Waals surface area contributed by atoms with Gasteiger partial charge in [0.15, 0.2) is 0 Å². The first-order valence-corrected chi connectivity index (χ1v) is 9.22. The largest absolute Gasteiger partial charge is 0.472 e. The highest BCUT2D eigenvalue weighted by atomic mass is 19.4. The number of aromatic nitrogens is 1. The second-order valence-corrected chi connectivity index (χ2v) is 7.07. The van der Waals surface area contributed by atoms with Crippen LogP contribution in [-0.4, -0.2) is 34.5 Å². The van der Waals surface area contributed by atoms with E-state index in [1.165, 1.54) is 29.3 Å². The molecule has 1 aromatic carbocycles. The smallest absolute Gasteiger partial charge is 0.417 e. The molecule has 1 aliphatic rings. The van der Waals surface area contributed by atoms with Gasteiger partial charge in [0.05, 0.1) is 29.3 Å². The van der Waals surface area contributed by atoms with Gasteiger partial charge in [0.1, 0.15) is 6.10 Å². The summed E-state index contributed by atoms with van der Waals surface area (Å²) in [5.74, 6) is -0.374. The zero-order chi connectivity index (χ0) is 21.2. The fraction of sp³-hybridized carbons (Fsp3) is 0.381. The van der Waals surface area contributed by atoms with Crippen LogP contribution in [0.25, 0.3) is 0 Å². The standard InChI is InChI=1S/C21H20F3N3O2/c1-13-7-8-16(29-19-14(2)15(11-25)9-10-26-19)12-27(13)20(28)17-5-3-4-6-18(17)21(22,23)24/h3-6,9-10,13,16H,7-8,12H2,1-2H3/t13-,16-/m1/s1. The van der Waals surface area contributed by atoms with E-state index in [1.807, 2.05) is 6.92 Å². The quantitative estimate of drug-likeness (QED) is 0.764. The normalized spacial score (nSPS) is 19.5. The summed E-state index contributed by atoms with van der Waals surface area (Å²) >= 11 is 0. The average Bonchev–Trinajstić information content (AvgIpc) is 2.70. The lowest BCUT2D eigenvalue weighted by Crippen LogP contribution is -2.49. The predicted octanol–water partition coefficient (Wildman–Crippen LogP) is 4.35. The summed E-state index contributed by atoms with van der Waals surface area (Å²) in [4.78, 5) is 18.5. The molecule has 2 heterocycles. The van der Waals surface area contributed by atoms with E-state index < -0.39 is 23.8 Å². The van der Waals surface area contributed by atoms with Crippen LogP contribution in [0.5, 0.6) is 5.88 Å². The number of hydrogen-bond donors (Lipinski definition) is 0. The van der Waals surface area contributed by atoms with Crippen LogP contribution >= 0.6 is 0 Å². The van der Waals surface area contributed by atoms with E-state index in [0.717, 1.165) is 6.07 Å². The number of nitriles is 1. The molecule has 0 spiro atoms. The van der Waals surface area contributed by atoms with E-state index in [1.54, 1.807) is 13.0 Å². The molecule has 8 heteroatoms. The van der Waals surface area contributed by atoms with Crippen molar-refractivity contribution in [3.05, 3.63) is 58.8 Å². The van der Waals surface area contributed by atoms with Crippen LogP contribution in [0.15, 0.2) is 36.5 Å². The van der Waals surface area contributed by atoms with E-state index in [0.29, 0.717) is 29.8 Å². The number of benzene rings is 1. The Balaban J connectivity index is 1.83. The van der Waals surface area contributed by atoms with Gasteiger partial charge < -0.3 is 9.64 Å². The number of pyridine rings is 1. The summed E-state index contributed by atoms with van der Waals surface area (Å²) in [6.07, 6.45) is -2.35. The fourth-order valence-corrected chi connectivity index (χ4v) is 3.44. The molecule has 0 aliphatic carbocycles. The molecule has 0 radical (unpaired) electrons. The number of carbonyl (C=O) groups is 1. The molecule has 152 valence electrons. The molecule has 1 amide bonds. The van der Waals surface area contributed by atoms with Gasteiger partial charge in [0.25, 0.3) is 5.91 Å². The van der Waals surface area contributed by atoms with Crippen LogP contribution in [-0.2, 0) is 6.18 Å². The van der Waals surface area contributed by atoms with Gasteiger partial charge in [-0.2, -0.15) is 18.4 Å². The Morgan fingerprint density at radius 1 is 1.28 bits per heavy atom. The first kappa shape index (κ1) is 20.6. The Hall–Kier alpha value is -3.08. The second-order valence-electron chi connectivity index (χ2n) is 7.07. The highest BCUT2D eigenvalue weighted by Crippen LogP contribution is 2.33. The van der Waals surface area contributed by atoms with Gasteiger partial charge in [-0.1, -0.05) is 12.1 Å². The lowest BCUT2D eigenvalue weighted by atomic mass is 9.98. The van der Waals surface area contributed by atoms with Crippen molar-refractivity contribution in [2.45, 2.75) is 45.0 Å². The summed E-state index contributed by atoms with van der Waals surface area (Å²) in [7, 11) is 0. The molecule has 2 atom stereocenters. The van der Waals surface area contributed by atoms with Crippen LogP contribution in [0, 0.1) is 18.3 Å². The summed E-state index contributed by atoms with van der Waals surface area (Å²) in [6.45, 7) is 3.67. The van der Waals surface area contributed by atoms with E-state index in [-0.39, 0.29) is 18.2 Å². The van der Waals surface area contributed by atoms with E-state index in [2.05, 4.69) is 11.1 Å². The first-order valence-electron chi connectivity index (χ1n) is 9.22. The molecule has 0 N–H and O–H groups in total. The Bertz CT molecular complexity index is 953. The number of ether oxygens (including phenoxy) is 1. The van der Waals surface area contributed by atoms with E-state index in [9.17, 15) is 18.0 Å². The molecule has 3 rings (SSSR count). The van der Waals surface area contributed by atoms with Crippen molar-refractivity contribution >= 4 is 5.91 Å². The number of alkyl halides is 3. The van der Waals surface area contributed by atoms with Crippen molar-refractivity contribution < 1.29 is 22.7 Å². The number of carbonyl (C=O) groups excluding carboxylic acids is 1. The Labute approximate surface area is 166 Å². The molecule has 1 aromatic heterocycles. The van der Waals surface area contributed by atoms with Crippen molar-refractivity contribution in [3.8, 4) is 11.9 Å². The summed E-state index contributed by atoms with van der Waals surface area (Å²) in [6, 6.07) is 8.22. The maximum Gasteiger partial charge on any atom is 0.417 e. The van der Waals surface area contributed by atoms with Gasteiger partial charge >= 0.3 is 6.18 Å². The van der Waals surface area contributed by atoms with Gasteiger partial charge in [-0.3, -0.25) is 4.79 Å².